The molecule has 8 heavy (non-hydrogen) atoms. The molecule has 1 atom stereocenters. The van der Waals surface area contributed by atoms with Gasteiger partial charge >= 0.3 is 0 Å². The van der Waals surface area contributed by atoms with Crippen LogP contribution in [0.5, 0.6) is 0 Å². The second-order valence-electron chi connectivity index (χ2n) is 2.00. The monoisotopic (exact) mass is 139 g/mol. The lowest BCUT2D eigenvalue weighted by Crippen LogP contribution is -2.27. The summed E-state index contributed by atoms with van der Waals surface area (Å²) in [5.74, 6) is 0. The van der Waals surface area contributed by atoms with Crippen molar-refractivity contribution in [2.45, 2.75) is 13.0 Å². The second-order valence-corrected chi connectivity index (χ2v) is 2.00. The van der Waals surface area contributed by atoms with Gasteiger partial charge in [0, 0.05) is 6.04 Å². The number of aliphatic hydroxyl groups is 1. The summed E-state index contributed by atoms with van der Waals surface area (Å²) in [6.45, 7) is 2.22. The van der Waals surface area contributed by atoms with E-state index < -0.39 is 0 Å². The molecule has 0 aromatic carbocycles. The Bertz CT molecular complexity index is 49.7. The molecule has 0 aliphatic rings. The average molecular weight is 140 g/mol. The van der Waals surface area contributed by atoms with E-state index >= 15 is 0 Å². The van der Waals surface area contributed by atoms with E-state index in [1.165, 1.54) is 0 Å². The lowest BCUT2D eigenvalue weighted by molar-refractivity contribution is 0.182. The van der Waals surface area contributed by atoms with Crippen molar-refractivity contribution in [1.29, 1.82) is 0 Å². The minimum atomic E-state index is 0. The average Bonchev–Trinajstić information content (AvgIpc) is 1.65. The van der Waals surface area contributed by atoms with Crippen molar-refractivity contribution in [2.75, 3.05) is 20.7 Å². The van der Waals surface area contributed by atoms with Crippen LogP contribution >= 0.6 is 12.4 Å². The van der Waals surface area contributed by atoms with Gasteiger partial charge < -0.3 is 10.0 Å². The summed E-state index contributed by atoms with van der Waals surface area (Å²) < 4.78 is 0. The number of nitrogens with zero attached hydrogens (tertiary/aromatic N) is 1. The van der Waals surface area contributed by atoms with Gasteiger partial charge in [-0.25, -0.2) is 0 Å². The summed E-state index contributed by atoms with van der Waals surface area (Å²) in [6, 6.07) is 0.292. The summed E-state index contributed by atoms with van der Waals surface area (Å²) in [5.41, 5.74) is 0. The molecule has 3 heteroatoms. The molecule has 0 bridgehead atoms. The standard InChI is InChI=1S/C5H13NO.ClH/c1-5(4-7)6(2)3;/h5,7H,4H2,1-3H3;1H/t5-;/m1./s1. The third-order valence-corrected chi connectivity index (χ3v) is 1.15. The summed E-state index contributed by atoms with van der Waals surface area (Å²) in [5, 5.41) is 8.46. The molecule has 52 valence electrons. The number of hydrogen-bond donors (Lipinski definition) is 1. The van der Waals surface area contributed by atoms with Gasteiger partial charge in [0.25, 0.3) is 0 Å². The van der Waals surface area contributed by atoms with E-state index in [1.807, 2.05) is 25.9 Å². The van der Waals surface area contributed by atoms with Crippen LogP contribution in [0.4, 0.5) is 0 Å². The van der Waals surface area contributed by atoms with Gasteiger partial charge in [-0.15, -0.1) is 12.4 Å². The SMILES string of the molecule is C[C@H](CO)N(C)C.Cl. The third-order valence-electron chi connectivity index (χ3n) is 1.15. The molecule has 0 fully saturated rings. The Kier molecular flexibility index (Phi) is 7.40. The molecule has 1 N–H and O–H groups in total. The maximum atomic E-state index is 8.46. The fourth-order valence-corrected chi connectivity index (χ4v) is 0.163. The number of halogens is 1. The van der Waals surface area contributed by atoms with Crippen molar-refractivity contribution in [1.82, 2.24) is 4.90 Å². The minimum absolute atomic E-state index is 0. The van der Waals surface area contributed by atoms with Gasteiger partial charge in [-0.2, -0.15) is 0 Å². The predicted octanol–water partition coefficient (Wildman–Crippen LogP) is 0.351. The zero-order valence-corrected chi connectivity index (χ0v) is 6.40. The fraction of sp³-hybridized carbons (Fsp3) is 1.00. The molecule has 0 amide bonds. The van der Waals surface area contributed by atoms with E-state index in [0.29, 0.717) is 6.04 Å². The molecule has 0 spiro atoms. The van der Waals surface area contributed by atoms with E-state index in [9.17, 15) is 0 Å². The topological polar surface area (TPSA) is 23.5 Å². The molecule has 0 aromatic heterocycles. The third kappa shape index (κ3) is 4.37. The maximum Gasteiger partial charge on any atom is 0.0583 e. The molecule has 0 radical (unpaired) electrons. The van der Waals surface area contributed by atoms with Crippen molar-refractivity contribution >= 4 is 12.4 Å². The molecule has 0 aliphatic carbocycles. The zero-order valence-electron chi connectivity index (χ0n) is 5.59. The summed E-state index contributed by atoms with van der Waals surface area (Å²) in [7, 11) is 3.89. The van der Waals surface area contributed by atoms with E-state index in [0.717, 1.165) is 0 Å². The molecule has 2 nitrogen and oxygen atoms in total. The van der Waals surface area contributed by atoms with Crippen LogP contribution in [0.2, 0.25) is 0 Å². The van der Waals surface area contributed by atoms with Crippen molar-refractivity contribution in [2.24, 2.45) is 0 Å². The first-order valence-electron chi connectivity index (χ1n) is 2.45. The van der Waals surface area contributed by atoms with Crippen LogP contribution in [0.3, 0.4) is 0 Å². The number of rotatable bonds is 2. The van der Waals surface area contributed by atoms with Crippen molar-refractivity contribution in [3.63, 3.8) is 0 Å². The largest absolute Gasteiger partial charge is 0.395 e. The predicted molar refractivity (Wildman–Crippen MR) is 37.5 cm³/mol. The number of aliphatic hydroxyl groups excluding tert-OH is 1. The lowest BCUT2D eigenvalue weighted by atomic mass is 10.3. The molecule has 0 unspecified atom stereocenters. The normalized spacial score (nSPS) is 13.1. The molecular weight excluding hydrogens is 126 g/mol. The van der Waals surface area contributed by atoms with Crippen LogP contribution in [-0.4, -0.2) is 36.8 Å². The number of hydrogen-bond acceptors (Lipinski definition) is 2. The van der Waals surface area contributed by atoms with Crippen LogP contribution in [0.25, 0.3) is 0 Å². The highest BCUT2D eigenvalue weighted by atomic mass is 35.5. The quantitative estimate of drug-likeness (QED) is 0.597. The van der Waals surface area contributed by atoms with E-state index in [2.05, 4.69) is 0 Å². The van der Waals surface area contributed by atoms with E-state index in [4.69, 9.17) is 5.11 Å². The smallest absolute Gasteiger partial charge is 0.0583 e. The zero-order chi connectivity index (χ0) is 5.86. The summed E-state index contributed by atoms with van der Waals surface area (Å²) >= 11 is 0. The Morgan fingerprint density at radius 1 is 1.50 bits per heavy atom. The van der Waals surface area contributed by atoms with E-state index in [1.54, 1.807) is 0 Å². The highest BCUT2D eigenvalue weighted by Crippen LogP contribution is 1.85. The van der Waals surface area contributed by atoms with Crippen molar-refractivity contribution in [3.8, 4) is 0 Å². The van der Waals surface area contributed by atoms with Gasteiger partial charge in [0.05, 0.1) is 6.61 Å². The van der Waals surface area contributed by atoms with Crippen LogP contribution < -0.4 is 0 Å². The van der Waals surface area contributed by atoms with Gasteiger partial charge in [-0.05, 0) is 21.0 Å². The van der Waals surface area contributed by atoms with E-state index in [-0.39, 0.29) is 19.0 Å². The lowest BCUT2D eigenvalue weighted by Gasteiger charge is -2.15. The van der Waals surface area contributed by atoms with Crippen LogP contribution in [0.1, 0.15) is 6.92 Å². The van der Waals surface area contributed by atoms with Crippen molar-refractivity contribution < 1.29 is 5.11 Å². The summed E-state index contributed by atoms with van der Waals surface area (Å²) in [6.07, 6.45) is 0. The Morgan fingerprint density at radius 2 is 1.88 bits per heavy atom. The molecule has 0 rings (SSSR count). The maximum absolute atomic E-state index is 8.46. The highest BCUT2D eigenvalue weighted by molar-refractivity contribution is 5.85. The van der Waals surface area contributed by atoms with Gasteiger partial charge in [-0.3, -0.25) is 0 Å². The molecule has 0 aromatic rings. The van der Waals surface area contributed by atoms with Gasteiger partial charge in [0.2, 0.25) is 0 Å². The Balaban J connectivity index is 0. The fourth-order valence-electron chi connectivity index (χ4n) is 0.163. The molecule has 0 aliphatic heterocycles. The van der Waals surface area contributed by atoms with Crippen LogP contribution in [-0.2, 0) is 0 Å². The first-order valence-corrected chi connectivity index (χ1v) is 2.45. The van der Waals surface area contributed by atoms with Crippen molar-refractivity contribution in [3.05, 3.63) is 0 Å². The summed E-state index contributed by atoms with van der Waals surface area (Å²) in [4.78, 5) is 1.97. The molecule has 0 saturated carbocycles. The van der Waals surface area contributed by atoms with Gasteiger partial charge in [0.15, 0.2) is 0 Å². The Morgan fingerprint density at radius 3 is 1.88 bits per heavy atom. The molecule has 0 heterocycles. The Hall–Kier alpha value is 0.210. The molecule has 0 saturated heterocycles. The molecular formula is C5H14ClNO. The van der Waals surface area contributed by atoms with Gasteiger partial charge in [0.1, 0.15) is 0 Å². The first kappa shape index (κ1) is 11.1. The van der Waals surface area contributed by atoms with Crippen LogP contribution in [0, 0.1) is 0 Å². The minimum Gasteiger partial charge on any atom is -0.395 e. The van der Waals surface area contributed by atoms with Crippen LogP contribution in [0.15, 0.2) is 0 Å². The van der Waals surface area contributed by atoms with Gasteiger partial charge in [-0.1, -0.05) is 0 Å². The first-order chi connectivity index (χ1) is 3.18. The Labute approximate surface area is 56.9 Å². The number of likely N-dealkylation sites (N-methyl/N-ethyl adjacent to an activating group) is 1. The highest BCUT2D eigenvalue weighted by Gasteiger charge is 1.98. The second kappa shape index (κ2) is 5.35.